The molecule has 1 saturated heterocycles. The van der Waals surface area contributed by atoms with E-state index in [1.807, 2.05) is 12.1 Å². The zero-order chi connectivity index (χ0) is 17.5. The number of hydrogen-bond donors (Lipinski definition) is 1. The van der Waals surface area contributed by atoms with E-state index in [2.05, 4.69) is 28.3 Å². The van der Waals surface area contributed by atoms with E-state index in [4.69, 9.17) is 14.4 Å². The highest BCUT2D eigenvalue weighted by atomic mass is 32.1. The lowest BCUT2D eigenvalue weighted by Crippen LogP contribution is -2.28. The standard InChI is InChI=1S/C20H22N4OS/c1-13-17-18(15-7-12-26-20(15)22-13)24(10-6-14-4-8-21-9-5-14)19(23-17)16-3-2-11-25-16/h2-3,7,11-12,14,21H,4-6,8-10H2,1H3. The number of pyridine rings is 1. The number of imidazole rings is 1. The van der Waals surface area contributed by atoms with Crippen molar-refractivity contribution in [1.29, 1.82) is 0 Å². The van der Waals surface area contributed by atoms with E-state index in [9.17, 15) is 0 Å². The first kappa shape index (κ1) is 16.0. The number of rotatable bonds is 4. The van der Waals surface area contributed by atoms with Crippen molar-refractivity contribution >= 4 is 32.6 Å². The summed E-state index contributed by atoms with van der Waals surface area (Å²) in [7, 11) is 0. The van der Waals surface area contributed by atoms with E-state index in [0.29, 0.717) is 0 Å². The minimum atomic E-state index is 0.777. The maximum Gasteiger partial charge on any atom is 0.177 e. The van der Waals surface area contributed by atoms with Gasteiger partial charge >= 0.3 is 0 Å². The molecule has 0 saturated carbocycles. The summed E-state index contributed by atoms with van der Waals surface area (Å²) in [4.78, 5) is 10.8. The molecule has 5 nitrogen and oxygen atoms in total. The van der Waals surface area contributed by atoms with Crippen LogP contribution in [0.2, 0.25) is 0 Å². The third-order valence-corrected chi connectivity index (χ3v) is 6.25. The van der Waals surface area contributed by atoms with Gasteiger partial charge in [0.1, 0.15) is 10.3 Å². The van der Waals surface area contributed by atoms with Crippen molar-refractivity contribution < 1.29 is 4.42 Å². The van der Waals surface area contributed by atoms with Gasteiger partial charge in [0.05, 0.1) is 17.5 Å². The topological polar surface area (TPSA) is 55.9 Å². The van der Waals surface area contributed by atoms with Crippen LogP contribution in [0.1, 0.15) is 25.0 Å². The van der Waals surface area contributed by atoms with Crippen LogP contribution in [-0.2, 0) is 6.54 Å². The van der Waals surface area contributed by atoms with Crippen molar-refractivity contribution in [3.63, 3.8) is 0 Å². The van der Waals surface area contributed by atoms with E-state index >= 15 is 0 Å². The van der Waals surface area contributed by atoms with Crippen molar-refractivity contribution in [3.8, 4) is 11.6 Å². The second-order valence-corrected chi connectivity index (χ2v) is 7.97. The smallest absolute Gasteiger partial charge is 0.177 e. The molecule has 0 bridgehead atoms. The molecular weight excluding hydrogens is 344 g/mol. The van der Waals surface area contributed by atoms with Crippen LogP contribution in [0.25, 0.3) is 32.8 Å². The van der Waals surface area contributed by atoms with Crippen molar-refractivity contribution in [2.24, 2.45) is 5.92 Å². The number of aryl methyl sites for hydroxylation is 2. The normalized spacial score (nSPS) is 16.0. The molecule has 0 unspecified atom stereocenters. The Hall–Kier alpha value is -2.18. The van der Waals surface area contributed by atoms with Crippen LogP contribution in [0.15, 0.2) is 34.3 Å². The largest absolute Gasteiger partial charge is 0.461 e. The minimum Gasteiger partial charge on any atom is -0.461 e. The lowest BCUT2D eigenvalue weighted by molar-refractivity contribution is 0.339. The molecule has 5 rings (SSSR count). The molecule has 0 amide bonds. The molecule has 0 spiro atoms. The highest BCUT2D eigenvalue weighted by Crippen LogP contribution is 2.34. The molecule has 6 heteroatoms. The van der Waals surface area contributed by atoms with Crippen molar-refractivity contribution in [1.82, 2.24) is 19.9 Å². The Bertz CT molecular complexity index is 1040. The van der Waals surface area contributed by atoms with Gasteiger partial charge in [-0.2, -0.15) is 0 Å². The monoisotopic (exact) mass is 366 g/mol. The lowest BCUT2D eigenvalue weighted by atomic mass is 9.94. The molecule has 0 atom stereocenters. The molecule has 4 aromatic rings. The van der Waals surface area contributed by atoms with Crippen LogP contribution in [-0.4, -0.2) is 27.6 Å². The molecule has 0 aromatic carbocycles. The van der Waals surface area contributed by atoms with Gasteiger partial charge in [0.25, 0.3) is 0 Å². The summed E-state index contributed by atoms with van der Waals surface area (Å²) in [5, 5.41) is 6.78. The lowest BCUT2D eigenvalue weighted by Gasteiger charge is -2.23. The Kier molecular flexibility index (Phi) is 4.02. The predicted octanol–water partition coefficient (Wildman–Crippen LogP) is 4.60. The van der Waals surface area contributed by atoms with Crippen LogP contribution in [0.4, 0.5) is 0 Å². The van der Waals surface area contributed by atoms with Gasteiger partial charge in [0.15, 0.2) is 11.6 Å². The summed E-state index contributed by atoms with van der Waals surface area (Å²) in [6.45, 7) is 5.29. The Morgan fingerprint density at radius 2 is 2.15 bits per heavy atom. The van der Waals surface area contributed by atoms with E-state index < -0.39 is 0 Å². The number of hydrogen-bond acceptors (Lipinski definition) is 5. The third-order valence-electron chi connectivity index (χ3n) is 5.44. The Morgan fingerprint density at radius 3 is 2.96 bits per heavy atom. The van der Waals surface area contributed by atoms with Gasteiger partial charge in [-0.1, -0.05) is 0 Å². The van der Waals surface area contributed by atoms with E-state index in [0.717, 1.165) is 53.2 Å². The number of aromatic nitrogens is 3. The molecule has 1 aliphatic heterocycles. The average Bonchev–Trinajstić information content (AvgIpc) is 3.39. The van der Waals surface area contributed by atoms with E-state index in [1.54, 1.807) is 17.6 Å². The second-order valence-electron chi connectivity index (χ2n) is 7.08. The van der Waals surface area contributed by atoms with Crippen LogP contribution in [0.3, 0.4) is 0 Å². The number of nitrogens with zero attached hydrogens (tertiary/aromatic N) is 3. The van der Waals surface area contributed by atoms with Gasteiger partial charge in [-0.25, -0.2) is 9.97 Å². The predicted molar refractivity (Wildman–Crippen MR) is 106 cm³/mol. The summed E-state index contributed by atoms with van der Waals surface area (Å²) < 4.78 is 8.06. The number of fused-ring (bicyclic) bond motifs is 3. The Morgan fingerprint density at radius 1 is 1.27 bits per heavy atom. The first-order chi connectivity index (χ1) is 12.8. The van der Waals surface area contributed by atoms with Gasteiger partial charge in [-0.05, 0) is 68.8 Å². The van der Waals surface area contributed by atoms with Gasteiger partial charge < -0.3 is 14.3 Å². The first-order valence-corrected chi connectivity index (χ1v) is 10.2. The van der Waals surface area contributed by atoms with Crippen LogP contribution >= 0.6 is 11.3 Å². The molecule has 0 aliphatic carbocycles. The zero-order valence-corrected chi connectivity index (χ0v) is 15.7. The maximum absolute atomic E-state index is 5.70. The molecule has 0 radical (unpaired) electrons. The Labute approximate surface area is 156 Å². The van der Waals surface area contributed by atoms with Gasteiger partial charge in [-0.3, -0.25) is 0 Å². The molecular formula is C20H22N4OS. The fraction of sp³-hybridized carbons (Fsp3) is 0.400. The summed E-state index contributed by atoms with van der Waals surface area (Å²) in [6, 6.07) is 6.09. The molecule has 134 valence electrons. The fourth-order valence-electron chi connectivity index (χ4n) is 4.05. The number of piperidine rings is 1. The number of furan rings is 1. The van der Waals surface area contributed by atoms with Crippen molar-refractivity contribution in [2.75, 3.05) is 13.1 Å². The molecule has 1 N–H and O–H groups in total. The second kappa shape index (κ2) is 6.52. The molecule has 26 heavy (non-hydrogen) atoms. The highest BCUT2D eigenvalue weighted by Gasteiger charge is 2.21. The summed E-state index contributed by atoms with van der Waals surface area (Å²) >= 11 is 1.69. The molecule has 1 aliphatic rings. The van der Waals surface area contributed by atoms with Gasteiger partial charge in [0, 0.05) is 11.9 Å². The maximum atomic E-state index is 5.70. The average molecular weight is 366 g/mol. The third kappa shape index (κ3) is 2.64. The van der Waals surface area contributed by atoms with Crippen LogP contribution in [0.5, 0.6) is 0 Å². The highest BCUT2D eigenvalue weighted by molar-refractivity contribution is 7.16. The SMILES string of the molecule is Cc1nc2sccc2c2c1nc(-c1ccco1)n2CCC1CCNCC1. The number of nitrogens with one attached hydrogen (secondary N) is 1. The zero-order valence-electron chi connectivity index (χ0n) is 14.9. The fourth-order valence-corrected chi connectivity index (χ4v) is 4.86. The number of thiophene rings is 1. The first-order valence-electron chi connectivity index (χ1n) is 9.30. The van der Waals surface area contributed by atoms with Crippen LogP contribution < -0.4 is 5.32 Å². The molecule has 5 heterocycles. The summed E-state index contributed by atoms with van der Waals surface area (Å²) in [6.07, 6.45) is 5.42. The van der Waals surface area contributed by atoms with Crippen molar-refractivity contribution in [3.05, 3.63) is 35.5 Å². The quantitative estimate of drug-likeness (QED) is 0.573. The minimum absolute atomic E-state index is 0.777. The summed E-state index contributed by atoms with van der Waals surface area (Å²) in [5.41, 5.74) is 3.19. The molecule has 4 aromatic heterocycles. The Balaban J connectivity index is 1.65. The van der Waals surface area contributed by atoms with E-state index in [1.165, 1.54) is 30.2 Å². The van der Waals surface area contributed by atoms with E-state index in [-0.39, 0.29) is 0 Å². The molecule has 1 fully saturated rings. The van der Waals surface area contributed by atoms with Gasteiger partial charge in [-0.15, -0.1) is 11.3 Å². The summed E-state index contributed by atoms with van der Waals surface area (Å²) in [5.74, 6) is 2.52. The van der Waals surface area contributed by atoms with Crippen LogP contribution in [0, 0.1) is 12.8 Å². The van der Waals surface area contributed by atoms with Gasteiger partial charge in [0.2, 0.25) is 0 Å². The van der Waals surface area contributed by atoms with Crippen molar-refractivity contribution in [2.45, 2.75) is 32.7 Å².